The van der Waals surface area contributed by atoms with Gasteiger partial charge in [-0.1, -0.05) is 54.1 Å². The van der Waals surface area contributed by atoms with Crippen LogP contribution in [0.4, 0.5) is 0 Å². The molecule has 4 rings (SSSR count). The van der Waals surface area contributed by atoms with Crippen molar-refractivity contribution in [3.05, 3.63) is 108 Å². The lowest BCUT2D eigenvalue weighted by Crippen LogP contribution is -2.29. The van der Waals surface area contributed by atoms with Crippen LogP contribution in [-0.4, -0.2) is 22.1 Å². The summed E-state index contributed by atoms with van der Waals surface area (Å²) < 4.78 is 8.26. The number of nitrogens with one attached hydrogen (secondary N) is 1. The van der Waals surface area contributed by atoms with Crippen LogP contribution in [0, 0.1) is 6.92 Å². The van der Waals surface area contributed by atoms with Crippen molar-refractivity contribution < 1.29 is 9.53 Å². The highest BCUT2D eigenvalue weighted by Crippen LogP contribution is 2.23. The quantitative estimate of drug-likeness (QED) is 0.343. The number of hydrogen-bond acceptors (Lipinski definition) is 3. The van der Waals surface area contributed by atoms with Crippen molar-refractivity contribution in [3.8, 4) is 5.75 Å². The van der Waals surface area contributed by atoms with Crippen LogP contribution in [0.3, 0.4) is 0 Å². The summed E-state index contributed by atoms with van der Waals surface area (Å²) in [4.78, 5) is 17.6. The predicted octanol–water partition coefficient (Wildman–Crippen LogP) is 5.64. The maximum atomic E-state index is 12.8. The fraction of sp³-hybridized carbons (Fsp3) is 0.214. The van der Waals surface area contributed by atoms with E-state index in [2.05, 4.69) is 22.5 Å². The lowest BCUT2D eigenvalue weighted by Gasteiger charge is -2.17. The van der Waals surface area contributed by atoms with Gasteiger partial charge < -0.3 is 14.6 Å². The van der Waals surface area contributed by atoms with Crippen LogP contribution in [-0.2, 0) is 13.0 Å². The minimum Gasteiger partial charge on any atom is -0.491 e. The highest BCUT2D eigenvalue weighted by atomic mass is 16.5. The van der Waals surface area contributed by atoms with E-state index in [-0.39, 0.29) is 11.9 Å². The zero-order chi connectivity index (χ0) is 23.2. The van der Waals surface area contributed by atoms with Gasteiger partial charge in [-0.05, 0) is 56.2 Å². The van der Waals surface area contributed by atoms with Crippen LogP contribution >= 0.6 is 0 Å². The Morgan fingerprint density at radius 2 is 1.82 bits per heavy atom. The van der Waals surface area contributed by atoms with E-state index in [0.29, 0.717) is 18.7 Å². The first kappa shape index (κ1) is 22.3. The Kier molecular flexibility index (Phi) is 6.89. The molecule has 0 fully saturated rings. The standard InChI is InChI=1S/C28H29N3O2/c1-4-9-22-10-5-8-13-26(22)33-19-18-31-25-12-7-6-11-24(25)30-27(31)21(3)29-28(32)23-16-14-20(2)15-17-23/h4-8,10-17,21H,1,9,18-19H2,2-3H3,(H,29,32). The summed E-state index contributed by atoms with van der Waals surface area (Å²) in [7, 11) is 0. The molecule has 1 heterocycles. The largest absolute Gasteiger partial charge is 0.491 e. The number of carbonyl (C=O) groups is 1. The molecule has 0 aliphatic rings. The Morgan fingerprint density at radius 1 is 1.09 bits per heavy atom. The van der Waals surface area contributed by atoms with Gasteiger partial charge in [-0.25, -0.2) is 4.98 Å². The van der Waals surface area contributed by atoms with Crippen molar-refractivity contribution in [1.82, 2.24) is 14.9 Å². The Labute approximate surface area is 194 Å². The zero-order valence-electron chi connectivity index (χ0n) is 19.1. The van der Waals surface area contributed by atoms with Crippen LogP contribution in [0.5, 0.6) is 5.75 Å². The Bertz CT molecular complexity index is 1260. The second kappa shape index (κ2) is 10.2. The summed E-state index contributed by atoms with van der Waals surface area (Å²) >= 11 is 0. The fourth-order valence-corrected chi connectivity index (χ4v) is 3.92. The summed E-state index contributed by atoms with van der Waals surface area (Å²) in [6, 6.07) is 23.3. The molecule has 3 aromatic carbocycles. The van der Waals surface area contributed by atoms with E-state index in [9.17, 15) is 4.79 Å². The lowest BCUT2D eigenvalue weighted by molar-refractivity contribution is 0.0937. The second-order valence-electron chi connectivity index (χ2n) is 8.12. The number of para-hydroxylation sites is 3. The first-order valence-electron chi connectivity index (χ1n) is 11.2. The molecular weight excluding hydrogens is 410 g/mol. The van der Waals surface area contributed by atoms with Gasteiger partial charge in [0.15, 0.2) is 0 Å². The van der Waals surface area contributed by atoms with Crippen molar-refractivity contribution in [1.29, 1.82) is 0 Å². The van der Waals surface area contributed by atoms with Gasteiger partial charge in [0.25, 0.3) is 5.91 Å². The smallest absolute Gasteiger partial charge is 0.251 e. The van der Waals surface area contributed by atoms with Gasteiger partial charge in [-0.2, -0.15) is 0 Å². The van der Waals surface area contributed by atoms with E-state index in [1.807, 2.05) is 86.7 Å². The third kappa shape index (κ3) is 5.14. The number of aryl methyl sites for hydroxylation is 1. The van der Waals surface area contributed by atoms with Crippen LogP contribution in [0.2, 0.25) is 0 Å². The molecule has 0 spiro atoms. The maximum Gasteiger partial charge on any atom is 0.251 e. The highest BCUT2D eigenvalue weighted by molar-refractivity contribution is 5.94. The summed E-state index contributed by atoms with van der Waals surface area (Å²) in [5.41, 5.74) is 4.79. The van der Waals surface area contributed by atoms with Crippen LogP contribution in [0.15, 0.2) is 85.5 Å². The van der Waals surface area contributed by atoms with Gasteiger partial charge in [0.05, 0.1) is 23.6 Å². The number of aromatic nitrogens is 2. The topological polar surface area (TPSA) is 56.1 Å². The fourth-order valence-electron chi connectivity index (χ4n) is 3.92. The second-order valence-corrected chi connectivity index (χ2v) is 8.12. The van der Waals surface area contributed by atoms with Crippen LogP contribution in [0.25, 0.3) is 11.0 Å². The number of allylic oxidation sites excluding steroid dienone is 1. The first-order chi connectivity index (χ1) is 16.1. The Balaban J connectivity index is 1.53. The van der Waals surface area contributed by atoms with E-state index in [0.717, 1.165) is 40.2 Å². The van der Waals surface area contributed by atoms with Crippen molar-refractivity contribution in [2.24, 2.45) is 0 Å². The van der Waals surface area contributed by atoms with Crippen molar-refractivity contribution >= 4 is 16.9 Å². The molecule has 0 saturated heterocycles. The number of fused-ring (bicyclic) bond motifs is 1. The van der Waals surface area contributed by atoms with Crippen molar-refractivity contribution in [2.45, 2.75) is 32.9 Å². The molecule has 0 bridgehead atoms. The zero-order valence-corrected chi connectivity index (χ0v) is 19.1. The number of nitrogens with zero attached hydrogens (tertiary/aromatic N) is 2. The van der Waals surface area contributed by atoms with Gasteiger partial charge in [-0.3, -0.25) is 4.79 Å². The lowest BCUT2D eigenvalue weighted by atomic mass is 10.1. The molecule has 0 radical (unpaired) electrons. The number of ether oxygens (including phenoxy) is 1. The normalized spacial score (nSPS) is 11.8. The number of rotatable bonds is 9. The highest BCUT2D eigenvalue weighted by Gasteiger charge is 2.19. The Hall–Kier alpha value is -3.86. The molecule has 1 atom stereocenters. The van der Waals surface area contributed by atoms with Gasteiger partial charge in [0.2, 0.25) is 0 Å². The number of benzene rings is 3. The number of amides is 1. The van der Waals surface area contributed by atoms with E-state index in [1.54, 1.807) is 0 Å². The molecule has 0 saturated carbocycles. The molecular formula is C28H29N3O2. The third-order valence-electron chi connectivity index (χ3n) is 5.64. The molecule has 1 N–H and O–H groups in total. The SMILES string of the molecule is C=CCc1ccccc1OCCn1c(C(C)NC(=O)c2ccc(C)cc2)nc2ccccc21. The molecule has 4 aromatic rings. The minimum atomic E-state index is -0.265. The van der Waals surface area contributed by atoms with Gasteiger partial charge >= 0.3 is 0 Å². The number of imidazole rings is 1. The maximum absolute atomic E-state index is 12.8. The number of carbonyl (C=O) groups excluding carboxylic acids is 1. The minimum absolute atomic E-state index is 0.115. The predicted molar refractivity (Wildman–Crippen MR) is 133 cm³/mol. The van der Waals surface area contributed by atoms with Gasteiger partial charge in [0.1, 0.15) is 18.2 Å². The summed E-state index contributed by atoms with van der Waals surface area (Å²) in [6.07, 6.45) is 2.64. The Morgan fingerprint density at radius 3 is 2.61 bits per heavy atom. The average molecular weight is 440 g/mol. The van der Waals surface area contributed by atoms with E-state index in [4.69, 9.17) is 9.72 Å². The molecule has 1 amide bonds. The molecule has 168 valence electrons. The van der Waals surface area contributed by atoms with E-state index < -0.39 is 0 Å². The molecule has 0 aliphatic carbocycles. The average Bonchev–Trinajstić information content (AvgIpc) is 3.19. The molecule has 1 unspecified atom stereocenters. The van der Waals surface area contributed by atoms with Crippen molar-refractivity contribution in [2.75, 3.05) is 6.61 Å². The van der Waals surface area contributed by atoms with E-state index >= 15 is 0 Å². The first-order valence-corrected chi connectivity index (χ1v) is 11.2. The van der Waals surface area contributed by atoms with Gasteiger partial charge in [-0.15, -0.1) is 6.58 Å². The van der Waals surface area contributed by atoms with Crippen molar-refractivity contribution in [3.63, 3.8) is 0 Å². The van der Waals surface area contributed by atoms with E-state index in [1.165, 1.54) is 0 Å². The summed E-state index contributed by atoms with van der Waals surface area (Å²) in [5, 5.41) is 3.09. The van der Waals surface area contributed by atoms with Crippen LogP contribution in [0.1, 0.15) is 40.3 Å². The van der Waals surface area contributed by atoms with Crippen LogP contribution < -0.4 is 10.1 Å². The number of hydrogen-bond donors (Lipinski definition) is 1. The molecule has 33 heavy (non-hydrogen) atoms. The monoisotopic (exact) mass is 439 g/mol. The summed E-state index contributed by atoms with van der Waals surface area (Å²) in [6.45, 7) is 8.90. The van der Waals surface area contributed by atoms with Gasteiger partial charge in [0, 0.05) is 5.56 Å². The molecule has 1 aromatic heterocycles. The molecule has 0 aliphatic heterocycles. The summed E-state index contributed by atoms with van der Waals surface area (Å²) in [5.74, 6) is 1.56. The molecule has 5 nitrogen and oxygen atoms in total. The third-order valence-corrected chi connectivity index (χ3v) is 5.64. The molecule has 5 heteroatoms.